The van der Waals surface area contributed by atoms with Gasteiger partial charge >= 0.3 is 6.09 Å². The summed E-state index contributed by atoms with van der Waals surface area (Å²) < 4.78 is 10.4. The van der Waals surface area contributed by atoms with Crippen LogP contribution < -0.4 is 0 Å². The highest BCUT2D eigenvalue weighted by Gasteiger charge is 2.30. The van der Waals surface area contributed by atoms with Crippen molar-refractivity contribution in [2.45, 2.75) is 25.2 Å². The lowest BCUT2D eigenvalue weighted by atomic mass is 10.1. The van der Waals surface area contributed by atoms with Gasteiger partial charge in [-0.1, -0.05) is 30.3 Å². The first-order valence-corrected chi connectivity index (χ1v) is 6.37. The molecule has 1 amide bonds. The molecule has 1 heterocycles. The molecule has 19 heavy (non-hydrogen) atoms. The number of carbonyl (C=O) groups excluding carboxylic acids is 1. The molecule has 0 bridgehead atoms. The molecule has 1 saturated heterocycles. The van der Waals surface area contributed by atoms with E-state index in [1.807, 2.05) is 30.3 Å². The summed E-state index contributed by atoms with van der Waals surface area (Å²) in [7, 11) is 1.53. The minimum absolute atomic E-state index is 0.260. The molecule has 1 aromatic carbocycles. The molecule has 2 rings (SSSR count). The van der Waals surface area contributed by atoms with Crippen LogP contribution in [0.4, 0.5) is 4.79 Å². The molecule has 5 heteroatoms. The second-order valence-electron chi connectivity index (χ2n) is 4.62. The average molecular weight is 265 g/mol. The van der Waals surface area contributed by atoms with Crippen molar-refractivity contribution >= 4 is 6.09 Å². The van der Waals surface area contributed by atoms with Crippen molar-refractivity contribution in [2.24, 2.45) is 0 Å². The first-order chi connectivity index (χ1) is 9.20. The maximum absolute atomic E-state index is 11.9. The van der Waals surface area contributed by atoms with E-state index >= 15 is 0 Å². The number of likely N-dealkylation sites (tertiary alicyclic amines) is 1. The van der Waals surface area contributed by atoms with Gasteiger partial charge in [0.15, 0.2) is 0 Å². The Hall–Kier alpha value is -1.59. The minimum atomic E-state index is -0.511. The minimum Gasteiger partial charge on any atom is -0.445 e. The van der Waals surface area contributed by atoms with Gasteiger partial charge in [-0.05, 0) is 12.0 Å². The normalized spacial score (nSPS) is 23.2. The van der Waals surface area contributed by atoms with Crippen molar-refractivity contribution in [1.29, 1.82) is 0 Å². The molecule has 1 aromatic rings. The lowest BCUT2D eigenvalue weighted by Gasteiger charge is -2.34. The average Bonchev–Trinajstić information content (AvgIpc) is 2.46. The van der Waals surface area contributed by atoms with E-state index in [4.69, 9.17) is 9.47 Å². The largest absolute Gasteiger partial charge is 0.445 e. The summed E-state index contributed by atoms with van der Waals surface area (Å²) in [5.74, 6) is 0. The number of nitrogens with zero attached hydrogens (tertiary/aromatic N) is 1. The standard InChI is InChI=1S/C14H19NO4/c1-18-13-9-15(8-7-12(13)16)14(17)19-10-11-5-3-2-4-6-11/h2-6,12-13,16H,7-10H2,1H3. The quantitative estimate of drug-likeness (QED) is 0.897. The number of aliphatic hydroxyl groups excluding tert-OH is 1. The molecule has 0 saturated carbocycles. The summed E-state index contributed by atoms with van der Waals surface area (Å²) in [6, 6.07) is 9.54. The number of rotatable bonds is 3. The summed E-state index contributed by atoms with van der Waals surface area (Å²) in [6.45, 7) is 1.12. The second-order valence-corrected chi connectivity index (χ2v) is 4.62. The fraction of sp³-hybridized carbons (Fsp3) is 0.500. The fourth-order valence-electron chi connectivity index (χ4n) is 2.11. The van der Waals surface area contributed by atoms with E-state index in [0.29, 0.717) is 19.5 Å². The van der Waals surface area contributed by atoms with Crippen molar-refractivity contribution in [1.82, 2.24) is 4.90 Å². The number of hydrogen-bond acceptors (Lipinski definition) is 4. The SMILES string of the molecule is COC1CN(C(=O)OCc2ccccc2)CCC1O. The molecule has 2 unspecified atom stereocenters. The molecule has 0 spiro atoms. The summed E-state index contributed by atoms with van der Waals surface area (Å²) >= 11 is 0. The number of methoxy groups -OCH3 is 1. The van der Waals surface area contributed by atoms with E-state index in [1.54, 1.807) is 4.90 Å². The van der Waals surface area contributed by atoms with E-state index in [1.165, 1.54) is 7.11 Å². The Morgan fingerprint density at radius 2 is 2.16 bits per heavy atom. The van der Waals surface area contributed by atoms with Crippen LogP contribution in [0.5, 0.6) is 0 Å². The van der Waals surface area contributed by atoms with E-state index in [9.17, 15) is 9.90 Å². The summed E-state index contributed by atoms with van der Waals surface area (Å²) in [5.41, 5.74) is 0.955. The summed E-state index contributed by atoms with van der Waals surface area (Å²) in [5, 5.41) is 9.67. The molecular weight excluding hydrogens is 246 g/mol. The Labute approximate surface area is 112 Å². The molecule has 0 radical (unpaired) electrons. The third-order valence-electron chi connectivity index (χ3n) is 3.29. The summed E-state index contributed by atoms with van der Waals surface area (Å²) in [4.78, 5) is 13.5. The highest BCUT2D eigenvalue weighted by atomic mass is 16.6. The Morgan fingerprint density at radius 3 is 2.84 bits per heavy atom. The molecule has 0 aromatic heterocycles. The Bertz CT molecular complexity index is 409. The van der Waals surface area contributed by atoms with Gasteiger partial charge in [0.05, 0.1) is 12.6 Å². The third kappa shape index (κ3) is 3.68. The van der Waals surface area contributed by atoms with Gasteiger partial charge < -0.3 is 19.5 Å². The van der Waals surface area contributed by atoms with Gasteiger partial charge in [-0.3, -0.25) is 0 Å². The number of amides is 1. The van der Waals surface area contributed by atoms with Gasteiger partial charge in [0, 0.05) is 13.7 Å². The van der Waals surface area contributed by atoms with Gasteiger partial charge in [-0.2, -0.15) is 0 Å². The molecule has 2 atom stereocenters. The van der Waals surface area contributed by atoms with Crippen LogP contribution in [0.1, 0.15) is 12.0 Å². The van der Waals surface area contributed by atoms with Gasteiger partial charge in [0.2, 0.25) is 0 Å². The summed E-state index contributed by atoms with van der Waals surface area (Å²) in [6.07, 6.45) is -0.696. The van der Waals surface area contributed by atoms with E-state index in [-0.39, 0.29) is 18.8 Å². The van der Waals surface area contributed by atoms with Crippen LogP contribution in [-0.4, -0.2) is 48.5 Å². The van der Waals surface area contributed by atoms with Crippen LogP contribution in [0.2, 0.25) is 0 Å². The smallest absolute Gasteiger partial charge is 0.410 e. The maximum atomic E-state index is 11.9. The predicted molar refractivity (Wildman–Crippen MR) is 69.6 cm³/mol. The molecule has 5 nitrogen and oxygen atoms in total. The number of ether oxygens (including phenoxy) is 2. The first kappa shape index (κ1) is 13.8. The van der Waals surface area contributed by atoms with Crippen molar-refractivity contribution in [2.75, 3.05) is 20.2 Å². The number of carbonyl (C=O) groups is 1. The molecular formula is C14H19NO4. The van der Waals surface area contributed by atoms with Crippen LogP contribution in [0, 0.1) is 0 Å². The highest BCUT2D eigenvalue weighted by molar-refractivity contribution is 5.67. The molecule has 1 aliphatic heterocycles. The second kappa shape index (κ2) is 6.54. The Kier molecular flexibility index (Phi) is 4.76. The van der Waals surface area contributed by atoms with Crippen molar-refractivity contribution in [3.8, 4) is 0 Å². The number of hydrogen-bond donors (Lipinski definition) is 1. The van der Waals surface area contributed by atoms with Crippen LogP contribution in [0.3, 0.4) is 0 Å². The van der Waals surface area contributed by atoms with Gasteiger partial charge in [-0.15, -0.1) is 0 Å². The van der Waals surface area contributed by atoms with Crippen molar-refractivity contribution in [3.05, 3.63) is 35.9 Å². The van der Waals surface area contributed by atoms with Crippen LogP contribution in [-0.2, 0) is 16.1 Å². The van der Waals surface area contributed by atoms with Crippen LogP contribution in [0.25, 0.3) is 0 Å². The highest BCUT2D eigenvalue weighted by Crippen LogP contribution is 2.15. The molecule has 1 N–H and O–H groups in total. The zero-order chi connectivity index (χ0) is 13.7. The number of aliphatic hydroxyl groups is 1. The lowest BCUT2D eigenvalue weighted by molar-refractivity contribution is -0.0583. The maximum Gasteiger partial charge on any atom is 0.410 e. The zero-order valence-electron chi connectivity index (χ0n) is 11.0. The third-order valence-corrected chi connectivity index (χ3v) is 3.29. The van der Waals surface area contributed by atoms with E-state index in [0.717, 1.165) is 5.56 Å². The molecule has 0 aliphatic carbocycles. The van der Waals surface area contributed by atoms with Crippen molar-refractivity contribution < 1.29 is 19.4 Å². The van der Waals surface area contributed by atoms with Gasteiger partial charge in [-0.25, -0.2) is 4.79 Å². The van der Waals surface area contributed by atoms with Gasteiger partial charge in [0.1, 0.15) is 12.7 Å². The zero-order valence-corrected chi connectivity index (χ0v) is 11.0. The lowest BCUT2D eigenvalue weighted by Crippen LogP contribution is -2.49. The molecule has 1 aliphatic rings. The van der Waals surface area contributed by atoms with Gasteiger partial charge in [0.25, 0.3) is 0 Å². The number of benzene rings is 1. The monoisotopic (exact) mass is 265 g/mol. The van der Waals surface area contributed by atoms with Crippen molar-refractivity contribution in [3.63, 3.8) is 0 Å². The first-order valence-electron chi connectivity index (χ1n) is 6.37. The van der Waals surface area contributed by atoms with E-state index < -0.39 is 6.10 Å². The van der Waals surface area contributed by atoms with Crippen LogP contribution in [0.15, 0.2) is 30.3 Å². The molecule has 1 fully saturated rings. The Balaban J connectivity index is 1.83. The predicted octanol–water partition coefficient (Wildman–Crippen LogP) is 1.40. The fourth-order valence-corrected chi connectivity index (χ4v) is 2.11. The molecule has 104 valence electrons. The Morgan fingerprint density at radius 1 is 1.42 bits per heavy atom. The number of piperidine rings is 1. The topological polar surface area (TPSA) is 59.0 Å². The van der Waals surface area contributed by atoms with Crippen LogP contribution >= 0.6 is 0 Å². The van der Waals surface area contributed by atoms with E-state index in [2.05, 4.69) is 0 Å².